The molecule has 29 heavy (non-hydrogen) atoms. The Bertz CT molecular complexity index is 1130. The average Bonchev–Trinajstić information content (AvgIpc) is 3.16. The molecular formula is C19H18FN7O2. The molecule has 0 saturated carbocycles. The molecule has 10 heteroatoms. The Hall–Kier alpha value is -3.82. The van der Waals surface area contributed by atoms with Gasteiger partial charge in [-0.15, -0.1) is 0 Å². The van der Waals surface area contributed by atoms with Crippen LogP contribution in [0.1, 0.15) is 16.7 Å². The maximum atomic E-state index is 13.4. The van der Waals surface area contributed by atoms with Crippen molar-refractivity contribution in [1.82, 2.24) is 29.9 Å². The fourth-order valence-electron chi connectivity index (χ4n) is 3.00. The van der Waals surface area contributed by atoms with Crippen LogP contribution in [0, 0.1) is 5.82 Å². The molecular weight excluding hydrogens is 377 g/mol. The highest BCUT2D eigenvalue weighted by molar-refractivity contribution is 5.85. The van der Waals surface area contributed by atoms with E-state index in [0.29, 0.717) is 35.3 Å². The summed E-state index contributed by atoms with van der Waals surface area (Å²) in [4.78, 5) is 24.0. The second-order valence-electron chi connectivity index (χ2n) is 6.19. The second-order valence-corrected chi connectivity index (χ2v) is 6.19. The molecule has 4 aromatic rings. The number of hydrogen-bond acceptors (Lipinski definition) is 8. The zero-order valence-corrected chi connectivity index (χ0v) is 15.8. The van der Waals surface area contributed by atoms with E-state index in [4.69, 9.17) is 9.47 Å². The quantitative estimate of drug-likeness (QED) is 0.491. The van der Waals surface area contributed by atoms with Gasteiger partial charge in [-0.2, -0.15) is 0 Å². The van der Waals surface area contributed by atoms with Crippen LogP contribution >= 0.6 is 0 Å². The molecule has 0 fully saturated rings. The van der Waals surface area contributed by atoms with Gasteiger partial charge in [0.25, 0.3) is 0 Å². The minimum absolute atomic E-state index is 0.282. The van der Waals surface area contributed by atoms with Gasteiger partial charge in [0.05, 0.1) is 25.8 Å². The lowest BCUT2D eigenvalue weighted by molar-refractivity contribution is 0.391. The summed E-state index contributed by atoms with van der Waals surface area (Å²) in [7, 11) is 3.06. The third-order valence-electron chi connectivity index (χ3n) is 4.33. The van der Waals surface area contributed by atoms with Crippen LogP contribution in [0.15, 0.2) is 37.2 Å². The number of hydrogen-bond donors (Lipinski definition) is 2. The SMILES string of the molecule is COc1ncc(F)cc1CNc1ncc(Cc2c[nH]c3ncnc(OC)c23)cn1. The van der Waals surface area contributed by atoms with Crippen molar-refractivity contribution in [2.45, 2.75) is 13.0 Å². The molecule has 4 rings (SSSR count). The maximum Gasteiger partial charge on any atom is 0.226 e. The lowest BCUT2D eigenvalue weighted by Crippen LogP contribution is -2.06. The number of pyridine rings is 1. The minimum Gasteiger partial charge on any atom is -0.481 e. The van der Waals surface area contributed by atoms with Gasteiger partial charge in [-0.1, -0.05) is 0 Å². The number of anilines is 1. The van der Waals surface area contributed by atoms with E-state index in [2.05, 4.69) is 35.2 Å². The van der Waals surface area contributed by atoms with E-state index in [1.54, 1.807) is 19.5 Å². The Balaban J connectivity index is 1.47. The lowest BCUT2D eigenvalue weighted by atomic mass is 10.1. The predicted octanol–water partition coefficient (Wildman–Crippen LogP) is 2.50. The molecule has 0 unspecified atom stereocenters. The number of aromatic amines is 1. The number of fused-ring (bicyclic) bond motifs is 1. The van der Waals surface area contributed by atoms with Crippen LogP contribution in [0.2, 0.25) is 0 Å². The predicted molar refractivity (Wildman–Crippen MR) is 103 cm³/mol. The molecule has 0 atom stereocenters. The molecule has 0 spiro atoms. The van der Waals surface area contributed by atoms with Gasteiger partial charge in [0.15, 0.2) is 0 Å². The Morgan fingerprint density at radius 2 is 1.76 bits per heavy atom. The first-order chi connectivity index (χ1) is 14.2. The highest BCUT2D eigenvalue weighted by Gasteiger charge is 2.13. The number of H-pyrrole nitrogens is 1. The zero-order chi connectivity index (χ0) is 20.2. The summed E-state index contributed by atoms with van der Waals surface area (Å²) in [5.74, 6) is 0.853. The molecule has 0 radical (unpaired) electrons. The van der Waals surface area contributed by atoms with E-state index in [1.165, 1.54) is 19.5 Å². The Labute approximate surface area is 165 Å². The third-order valence-corrected chi connectivity index (χ3v) is 4.33. The van der Waals surface area contributed by atoms with Crippen molar-refractivity contribution in [2.75, 3.05) is 19.5 Å². The summed E-state index contributed by atoms with van der Waals surface area (Å²) >= 11 is 0. The average molecular weight is 395 g/mol. The van der Waals surface area contributed by atoms with Gasteiger partial charge in [-0.05, 0) is 17.2 Å². The number of nitrogens with one attached hydrogen (secondary N) is 2. The van der Waals surface area contributed by atoms with E-state index >= 15 is 0 Å². The van der Waals surface area contributed by atoms with Crippen molar-refractivity contribution in [3.05, 3.63) is 59.7 Å². The van der Waals surface area contributed by atoms with Gasteiger partial charge < -0.3 is 19.8 Å². The highest BCUT2D eigenvalue weighted by atomic mass is 19.1. The van der Waals surface area contributed by atoms with E-state index in [9.17, 15) is 4.39 Å². The molecule has 4 heterocycles. The van der Waals surface area contributed by atoms with Gasteiger partial charge in [0.1, 0.15) is 17.8 Å². The topological polar surface area (TPSA) is 111 Å². The molecule has 0 aliphatic carbocycles. The molecule has 148 valence electrons. The monoisotopic (exact) mass is 395 g/mol. The van der Waals surface area contributed by atoms with Crippen LogP contribution in [-0.2, 0) is 13.0 Å². The third kappa shape index (κ3) is 3.91. The molecule has 0 aliphatic rings. The van der Waals surface area contributed by atoms with E-state index in [0.717, 1.165) is 22.7 Å². The summed E-state index contributed by atoms with van der Waals surface area (Å²) in [5.41, 5.74) is 3.18. The minimum atomic E-state index is -0.433. The largest absolute Gasteiger partial charge is 0.481 e. The molecule has 0 aliphatic heterocycles. The fraction of sp³-hybridized carbons (Fsp3) is 0.211. The smallest absolute Gasteiger partial charge is 0.226 e. The van der Waals surface area contributed by atoms with Crippen molar-refractivity contribution < 1.29 is 13.9 Å². The Kier molecular flexibility index (Phi) is 5.14. The van der Waals surface area contributed by atoms with Gasteiger partial charge in [0.2, 0.25) is 17.7 Å². The standard InChI is InChI=1S/C19H18FN7O2/c1-28-17-13(4-14(20)9-22-17)8-25-19-23-5-11(6-24-19)3-12-7-21-16-15(12)18(29-2)27-10-26-16/h4-7,9-10H,3,8H2,1-2H3,(H,21,26,27)(H,23,24,25). The number of rotatable bonds is 7. The molecule has 4 aromatic heterocycles. The van der Waals surface area contributed by atoms with E-state index in [1.807, 2.05) is 6.20 Å². The molecule has 0 aromatic carbocycles. The van der Waals surface area contributed by atoms with E-state index < -0.39 is 5.82 Å². The lowest BCUT2D eigenvalue weighted by Gasteiger charge is -2.09. The van der Waals surface area contributed by atoms with Crippen molar-refractivity contribution in [2.24, 2.45) is 0 Å². The molecule has 9 nitrogen and oxygen atoms in total. The van der Waals surface area contributed by atoms with Crippen molar-refractivity contribution in [1.29, 1.82) is 0 Å². The number of methoxy groups -OCH3 is 2. The van der Waals surface area contributed by atoms with Crippen LogP contribution in [0.5, 0.6) is 11.8 Å². The van der Waals surface area contributed by atoms with Crippen LogP contribution in [0.4, 0.5) is 10.3 Å². The summed E-state index contributed by atoms with van der Waals surface area (Å²) in [6.07, 6.45) is 8.48. The number of halogens is 1. The number of ether oxygens (including phenoxy) is 2. The van der Waals surface area contributed by atoms with Gasteiger partial charge in [-0.25, -0.2) is 29.3 Å². The Morgan fingerprint density at radius 1 is 0.966 bits per heavy atom. The normalized spacial score (nSPS) is 10.9. The van der Waals surface area contributed by atoms with Crippen molar-refractivity contribution in [3.8, 4) is 11.8 Å². The summed E-state index contributed by atoms with van der Waals surface area (Å²) < 4.78 is 23.9. The van der Waals surface area contributed by atoms with Crippen LogP contribution < -0.4 is 14.8 Å². The number of nitrogens with zero attached hydrogens (tertiary/aromatic N) is 5. The second kappa shape index (κ2) is 8.05. The van der Waals surface area contributed by atoms with Crippen LogP contribution in [0.25, 0.3) is 11.0 Å². The van der Waals surface area contributed by atoms with Crippen LogP contribution in [-0.4, -0.2) is 44.1 Å². The number of aromatic nitrogens is 6. The Morgan fingerprint density at radius 3 is 2.52 bits per heavy atom. The van der Waals surface area contributed by atoms with Gasteiger partial charge >= 0.3 is 0 Å². The summed E-state index contributed by atoms with van der Waals surface area (Å²) in [5, 5.41) is 3.88. The zero-order valence-electron chi connectivity index (χ0n) is 15.8. The molecule has 0 bridgehead atoms. The van der Waals surface area contributed by atoms with Crippen LogP contribution in [0.3, 0.4) is 0 Å². The molecule has 0 amide bonds. The molecule has 2 N–H and O–H groups in total. The summed E-state index contributed by atoms with van der Waals surface area (Å²) in [6.45, 7) is 0.282. The first kappa shape index (κ1) is 18.5. The highest BCUT2D eigenvalue weighted by Crippen LogP contribution is 2.26. The van der Waals surface area contributed by atoms with Crippen molar-refractivity contribution >= 4 is 17.0 Å². The molecule has 0 saturated heterocycles. The first-order valence-corrected chi connectivity index (χ1v) is 8.76. The van der Waals surface area contributed by atoms with Gasteiger partial charge in [0, 0.05) is 37.1 Å². The maximum absolute atomic E-state index is 13.4. The van der Waals surface area contributed by atoms with Crippen molar-refractivity contribution in [3.63, 3.8) is 0 Å². The van der Waals surface area contributed by atoms with E-state index in [-0.39, 0.29) is 6.54 Å². The first-order valence-electron chi connectivity index (χ1n) is 8.76. The van der Waals surface area contributed by atoms with Gasteiger partial charge in [-0.3, -0.25) is 0 Å². The fourth-order valence-corrected chi connectivity index (χ4v) is 3.00. The summed E-state index contributed by atoms with van der Waals surface area (Å²) in [6, 6.07) is 1.36.